The first-order chi connectivity index (χ1) is 10.2. The number of hydrogen-bond acceptors (Lipinski definition) is 3. The van der Waals surface area contributed by atoms with E-state index in [1.165, 1.54) is 0 Å². The predicted octanol–water partition coefficient (Wildman–Crippen LogP) is 3.94. The second-order valence-electron chi connectivity index (χ2n) is 5.73. The number of hydrogen-bond donors (Lipinski definition) is 0. The Labute approximate surface area is 126 Å². The number of carbonyl (C=O) groups is 2. The molecule has 0 saturated heterocycles. The number of ether oxygens (including phenoxy) is 1. The zero-order chi connectivity index (χ0) is 15.2. The number of ketones is 1. The molecule has 2 rings (SSSR count). The molecule has 0 spiro atoms. The molecule has 0 bridgehead atoms. The van der Waals surface area contributed by atoms with Crippen LogP contribution in [0.2, 0.25) is 0 Å². The fourth-order valence-electron chi connectivity index (χ4n) is 2.86. The molecule has 0 N–H and O–H groups in total. The summed E-state index contributed by atoms with van der Waals surface area (Å²) in [6.07, 6.45) is 4.52. The first-order valence-electron chi connectivity index (χ1n) is 8.00. The highest BCUT2D eigenvalue weighted by molar-refractivity contribution is 6.02. The van der Waals surface area contributed by atoms with Crippen LogP contribution in [0.15, 0.2) is 24.3 Å². The van der Waals surface area contributed by atoms with E-state index in [1.807, 2.05) is 31.2 Å². The van der Waals surface area contributed by atoms with E-state index in [0.717, 1.165) is 37.7 Å². The van der Waals surface area contributed by atoms with Crippen molar-refractivity contribution in [3.63, 3.8) is 0 Å². The molecule has 0 aromatic heterocycles. The predicted molar refractivity (Wildman–Crippen MR) is 82.3 cm³/mol. The number of carbonyl (C=O) groups excluding carboxylic acids is 2. The summed E-state index contributed by atoms with van der Waals surface area (Å²) in [6, 6.07) is 7.60. The Morgan fingerprint density at radius 3 is 2.81 bits per heavy atom. The van der Waals surface area contributed by atoms with Gasteiger partial charge in [0.2, 0.25) is 5.78 Å². The van der Waals surface area contributed by atoms with E-state index in [1.54, 1.807) is 0 Å². The molecule has 3 nitrogen and oxygen atoms in total. The fraction of sp³-hybridized carbons (Fsp3) is 0.556. The normalized spacial score (nSPS) is 19.0. The third-order valence-corrected chi connectivity index (χ3v) is 4.24. The molecule has 3 heteroatoms. The molecule has 1 aromatic rings. The minimum Gasteiger partial charge on any atom is -0.454 e. The van der Waals surface area contributed by atoms with Crippen LogP contribution in [0.1, 0.15) is 61.9 Å². The van der Waals surface area contributed by atoms with Gasteiger partial charge in [0.25, 0.3) is 0 Å². The van der Waals surface area contributed by atoms with Crippen molar-refractivity contribution in [2.24, 2.45) is 5.92 Å². The minimum absolute atomic E-state index is 0.0458. The van der Waals surface area contributed by atoms with Gasteiger partial charge in [-0.05, 0) is 31.2 Å². The lowest BCUT2D eigenvalue weighted by molar-refractivity contribution is -0.152. The number of rotatable bonds is 6. The summed E-state index contributed by atoms with van der Waals surface area (Å²) in [5.74, 6) is -0.325. The van der Waals surface area contributed by atoms with Gasteiger partial charge in [-0.3, -0.25) is 9.59 Å². The van der Waals surface area contributed by atoms with Gasteiger partial charge in [0.1, 0.15) is 0 Å². The lowest BCUT2D eigenvalue weighted by Gasteiger charge is -2.25. The summed E-state index contributed by atoms with van der Waals surface area (Å²) in [5, 5.41) is 0. The quantitative estimate of drug-likeness (QED) is 0.745. The Bertz CT molecular complexity index is 507. The Balaban J connectivity index is 2.00. The van der Waals surface area contributed by atoms with Crippen molar-refractivity contribution < 1.29 is 14.3 Å². The Morgan fingerprint density at radius 2 is 2.10 bits per heavy atom. The minimum atomic E-state index is -0.594. The lowest BCUT2D eigenvalue weighted by atomic mass is 9.88. The van der Waals surface area contributed by atoms with Crippen molar-refractivity contribution in [2.75, 3.05) is 0 Å². The molecule has 1 aliphatic carbocycles. The molecule has 0 radical (unpaired) electrons. The largest absolute Gasteiger partial charge is 0.454 e. The molecule has 0 heterocycles. The Kier molecular flexibility index (Phi) is 5.54. The highest BCUT2D eigenvalue weighted by Crippen LogP contribution is 2.25. The average molecular weight is 288 g/mol. The molecule has 1 aliphatic rings. The van der Waals surface area contributed by atoms with Crippen LogP contribution in [0.25, 0.3) is 0 Å². The van der Waals surface area contributed by atoms with E-state index in [0.29, 0.717) is 12.0 Å². The third-order valence-electron chi connectivity index (χ3n) is 4.24. The lowest BCUT2D eigenvalue weighted by Crippen LogP contribution is -2.34. The molecule has 0 amide bonds. The van der Waals surface area contributed by atoms with Gasteiger partial charge in [0.05, 0.1) is 5.92 Å². The molecule has 0 fully saturated rings. The van der Waals surface area contributed by atoms with Gasteiger partial charge >= 0.3 is 5.97 Å². The molecule has 0 aliphatic heterocycles. The van der Waals surface area contributed by atoms with E-state index >= 15 is 0 Å². The van der Waals surface area contributed by atoms with Crippen LogP contribution in [-0.2, 0) is 16.0 Å². The average Bonchev–Trinajstić information content (AvgIpc) is 2.51. The van der Waals surface area contributed by atoms with Gasteiger partial charge in [0, 0.05) is 5.56 Å². The van der Waals surface area contributed by atoms with E-state index in [2.05, 4.69) is 6.92 Å². The van der Waals surface area contributed by atoms with Gasteiger partial charge in [-0.25, -0.2) is 0 Å². The molecular formula is C18H24O3. The van der Waals surface area contributed by atoms with Crippen LogP contribution in [0, 0.1) is 5.92 Å². The summed E-state index contributed by atoms with van der Waals surface area (Å²) >= 11 is 0. The second kappa shape index (κ2) is 7.39. The summed E-state index contributed by atoms with van der Waals surface area (Å²) in [4.78, 5) is 24.6. The van der Waals surface area contributed by atoms with Crippen molar-refractivity contribution in [1.82, 2.24) is 0 Å². The molecule has 114 valence electrons. The maximum atomic E-state index is 12.4. The van der Waals surface area contributed by atoms with Crippen molar-refractivity contribution in [3.05, 3.63) is 35.4 Å². The molecule has 2 atom stereocenters. The SMILES string of the molecule is CCCCC(CC)C(=O)OC1CCc2ccccc2C1=O. The van der Waals surface area contributed by atoms with Crippen LogP contribution in [0.3, 0.4) is 0 Å². The third kappa shape index (κ3) is 3.72. The second-order valence-corrected chi connectivity index (χ2v) is 5.73. The van der Waals surface area contributed by atoms with Crippen LogP contribution >= 0.6 is 0 Å². The highest BCUT2D eigenvalue weighted by atomic mass is 16.5. The summed E-state index contributed by atoms with van der Waals surface area (Å²) in [5.41, 5.74) is 1.77. The van der Waals surface area contributed by atoms with Crippen molar-refractivity contribution in [1.29, 1.82) is 0 Å². The number of unbranched alkanes of at least 4 members (excludes halogenated alkanes) is 1. The Hall–Kier alpha value is -1.64. The molecule has 0 saturated carbocycles. The zero-order valence-corrected chi connectivity index (χ0v) is 12.9. The van der Waals surface area contributed by atoms with E-state index in [4.69, 9.17) is 4.74 Å². The smallest absolute Gasteiger partial charge is 0.309 e. The molecule has 2 unspecified atom stereocenters. The topological polar surface area (TPSA) is 43.4 Å². The maximum Gasteiger partial charge on any atom is 0.309 e. The molecular weight excluding hydrogens is 264 g/mol. The number of aryl methyl sites for hydroxylation is 1. The maximum absolute atomic E-state index is 12.4. The number of esters is 1. The van der Waals surface area contributed by atoms with Crippen LogP contribution < -0.4 is 0 Å². The Morgan fingerprint density at radius 1 is 1.33 bits per heavy atom. The number of Topliss-reactive ketones (excluding diaryl/α,β-unsaturated/α-hetero) is 1. The first-order valence-corrected chi connectivity index (χ1v) is 8.00. The van der Waals surface area contributed by atoms with Gasteiger partial charge < -0.3 is 4.74 Å². The van der Waals surface area contributed by atoms with Crippen LogP contribution in [0.4, 0.5) is 0 Å². The van der Waals surface area contributed by atoms with Crippen molar-refractivity contribution >= 4 is 11.8 Å². The summed E-state index contributed by atoms with van der Waals surface area (Å²) in [6.45, 7) is 4.11. The van der Waals surface area contributed by atoms with Crippen LogP contribution in [-0.4, -0.2) is 17.9 Å². The highest BCUT2D eigenvalue weighted by Gasteiger charge is 2.31. The van der Waals surface area contributed by atoms with E-state index in [-0.39, 0.29) is 17.7 Å². The fourth-order valence-corrected chi connectivity index (χ4v) is 2.86. The van der Waals surface area contributed by atoms with Gasteiger partial charge in [-0.15, -0.1) is 0 Å². The van der Waals surface area contributed by atoms with Crippen molar-refractivity contribution in [3.8, 4) is 0 Å². The van der Waals surface area contributed by atoms with Gasteiger partial charge in [0.15, 0.2) is 6.10 Å². The van der Waals surface area contributed by atoms with Gasteiger partial charge in [-0.2, -0.15) is 0 Å². The first kappa shape index (κ1) is 15.7. The monoisotopic (exact) mass is 288 g/mol. The zero-order valence-electron chi connectivity index (χ0n) is 12.9. The summed E-state index contributed by atoms with van der Waals surface area (Å²) < 4.78 is 5.52. The summed E-state index contributed by atoms with van der Waals surface area (Å²) in [7, 11) is 0. The van der Waals surface area contributed by atoms with E-state index < -0.39 is 6.10 Å². The van der Waals surface area contributed by atoms with Gasteiger partial charge in [-0.1, -0.05) is 51.0 Å². The van der Waals surface area contributed by atoms with Crippen molar-refractivity contribution in [2.45, 2.75) is 58.5 Å². The molecule has 21 heavy (non-hydrogen) atoms. The standard InChI is InChI=1S/C18H24O3/c1-3-5-8-13(4-2)18(20)21-16-12-11-14-9-6-7-10-15(14)17(16)19/h6-7,9-10,13,16H,3-5,8,11-12H2,1-2H3. The number of benzene rings is 1. The number of fused-ring (bicyclic) bond motifs is 1. The van der Waals surface area contributed by atoms with E-state index in [9.17, 15) is 9.59 Å². The van der Waals surface area contributed by atoms with Crippen LogP contribution in [0.5, 0.6) is 0 Å². The molecule has 1 aromatic carbocycles.